The Morgan fingerprint density at radius 1 is 1.12 bits per heavy atom. The maximum Gasteiger partial charge on any atom is 0.330 e. The highest BCUT2D eigenvalue weighted by Gasteiger charge is 2.06. The average Bonchev–Trinajstić information content (AvgIpc) is 2.28. The number of aryl methyl sites for hydroxylation is 1. The quantitative estimate of drug-likeness (QED) is 0.864. The smallest absolute Gasteiger partial charge is 0.330 e. The molecule has 0 unspecified atom stereocenters. The zero-order valence-electron chi connectivity index (χ0n) is 9.54. The van der Waals surface area contributed by atoms with Crippen LogP contribution in [0.5, 0.6) is 17.8 Å². The molecule has 0 aliphatic heterocycles. The summed E-state index contributed by atoms with van der Waals surface area (Å²) in [6, 6.07) is 7.76. The molecule has 1 aromatic heterocycles. The standard InChI is InChI=1S/C11H12N4O2/c1-7-4-3-5-8(6-7)17-11-14-9(12)13-10(15-11)16-2/h3-6H,1-2H3,(H2,12,13,14,15). The molecule has 0 spiro atoms. The summed E-state index contributed by atoms with van der Waals surface area (Å²) in [5.41, 5.74) is 6.58. The summed E-state index contributed by atoms with van der Waals surface area (Å²) in [7, 11) is 1.45. The number of anilines is 1. The minimum atomic E-state index is 0.0551. The topological polar surface area (TPSA) is 83.2 Å². The van der Waals surface area contributed by atoms with Gasteiger partial charge in [-0.25, -0.2) is 0 Å². The number of rotatable bonds is 3. The van der Waals surface area contributed by atoms with Crippen LogP contribution in [-0.4, -0.2) is 22.1 Å². The van der Waals surface area contributed by atoms with Crippen molar-refractivity contribution in [1.82, 2.24) is 15.0 Å². The van der Waals surface area contributed by atoms with Gasteiger partial charge < -0.3 is 15.2 Å². The number of hydrogen-bond donors (Lipinski definition) is 1. The number of hydrogen-bond acceptors (Lipinski definition) is 6. The number of aromatic nitrogens is 3. The van der Waals surface area contributed by atoms with E-state index >= 15 is 0 Å². The lowest BCUT2D eigenvalue weighted by atomic mass is 10.2. The van der Waals surface area contributed by atoms with Gasteiger partial charge in [0.2, 0.25) is 5.95 Å². The Bertz CT molecular complexity index is 531. The van der Waals surface area contributed by atoms with Gasteiger partial charge in [-0.1, -0.05) is 12.1 Å². The van der Waals surface area contributed by atoms with E-state index in [0.717, 1.165) is 5.56 Å². The predicted octanol–water partition coefficient (Wildman–Crippen LogP) is 1.56. The number of nitrogens with zero attached hydrogens (tertiary/aromatic N) is 3. The first-order valence-corrected chi connectivity index (χ1v) is 4.97. The van der Waals surface area contributed by atoms with E-state index in [9.17, 15) is 0 Å². The second-order valence-corrected chi connectivity index (χ2v) is 3.38. The molecule has 2 rings (SSSR count). The van der Waals surface area contributed by atoms with Gasteiger partial charge in [0.05, 0.1) is 7.11 Å². The molecule has 2 aromatic rings. The van der Waals surface area contributed by atoms with Crippen molar-refractivity contribution in [3.05, 3.63) is 29.8 Å². The van der Waals surface area contributed by atoms with Gasteiger partial charge in [0.1, 0.15) is 5.75 Å². The molecular weight excluding hydrogens is 220 g/mol. The summed E-state index contributed by atoms with van der Waals surface area (Å²) in [5, 5.41) is 0. The van der Waals surface area contributed by atoms with E-state index in [1.165, 1.54) is 7.11 Å². The van der Waals surface area contributed by atoms with Crippen LogP contribution in [0.4, 0.5) is 5.95 Å². The van der Waals surface area contributed by atoms with Crippen LogP contribution in [0.15, 0.2) is 24.3 Å². The third kappa shape index (κ3) is 2.81. The first kappa shape index (κ1) is 11.1. The maximum absolute atomic E-state index is 5.50. The van der Waals surface area contributed by atoms with Crippen LogP contribution in [0, 0.1) is 6.92 Å². The van der Waals surface area contributed by atoms with Gasteiger partial charge in [-0.2, -0.15) is 9.97 Å². The first-order chi connectivity index (χ1) is 8.17. The molecule has 0 aliphatic carbocycles. The van der Waals surface area contributed by atoms with Crippen LogP contribution in [0.3, 0.4) is 0 Å². The molecule has 6 nitrogen and oxygen atoms in total. The summed E-state index contributed by atoms with van der Waals surface area (Å²) in [6.07, 6.45) is 0. The van der Waals surface area contributed by atoms with Crippen LogP contribution in [0.2, 0.25) is 0 Å². The Balaban J connectivity index is 2.26. The minimum absolute atomic E-state index is 0.0551. The summed E-state index contributed by atoms with van der Waals surface area (Å²) < 4.78 is 10.3. The second kappa shape index (κ2) is 4.65. The Morgan fingerprint density at radius 2 is 1.88 bits per heavy atom. The van der Waals surface area contributed by atoms with Crippen LogP contribution in [0.25, 0.3) is 0 Å². The van der Waals surface area contributed by atoms with Gasteiger partial charge in [-0.3, -0.25) is 0 Å². The molecule has 0 radical (unpaired) electrons. The van der Waals surface area contributed by atoms with E-state index in [2.05, 4.69) is 15.0 Å². The highest BCUT2D eigenvalue weighted by molar-refractivity contribution is 5.30. The lowest BCUT2D eigenvalue weighted by molar-refractivity contribution is 0.360. The molecule has 0 bridgehead atoms. The van der Waals surface area contributed by atoms with Gasteiger partial charge >= 0.3 is 12.0 Å². The van der Waals surface area contributed by atoms with Gasteiger partial charge in [0.15, 0.2) is 0 Å². The van der Waals surface area contributed by atoms with Crippen LogP contribution in [-0.2, 0) is 0 Å². The molecule has 1 aromatic carbocycles. The fraction of sp³-hybridized carbons (Fsp3) is 0.182. The third-order valence-electron chi connectivity index (χ3n) is 1.99. The predicted molar refractivity (Wildman–Crippen MR) is 62.0 cm³/mol. The summed E-state index contributed by atoms with van der Waals surface area (Å²) in [5.74, 6) is 0.692. The number of benzene rings is 1. The van der Waals surface area contributed by atoms with Gasteiger partial charge in [-0.05, 0) is 24.6 Å². The third-order valence-corrected chi connectivity index (χ3v) is 1.99. The van der Waals surface area contributed by atoms with Gasteiger partial charge in [0, 0.05) is 0 Å². The molecule has 0 atom stereocenters. The van der Waals surface area contributed by atoms with E-state index in [0.29, 0.717) is 5.75 Å². The van der Waals surface area contributed by atoms with Crippen LogP contribution >= 0.6 is 0 Å². The molecule has 0 saturated heterocycles. The maximum atomic E-state index is 5.50. The SMILES string of the molecule is COc1nc(N)nc(Oc2cccc(C)c2)n1. The first-order valence-electron chi connectivity index (χ1n) is 4.97. The number of nitrogens with two attached hydrogens (primary N) is 1. The van der Waals surface area contributed by atoms with E-state index in [4.69, 9.17) is 15.2 Å². The highest BCUT2D eigenvalue weighted by Crippen LogP contribution is 2.20. The Labute approximate surface area is 98.4 Å². The lowest BCUT2D eigenvalue weighted by Crippen LogP contribution is -2.02. The Morgan fingerprint density at radius 3 is 2.59 bits per heavy atom. The molecule has 0 saturated carbocycles. The molecule has 1 heterocycles. The van der Waals surface area contributed by atoms with Crippen LogP contribution < -0.4 is 15.2 Å². The number of methoxy groups -OCH3 is 1. The van der Waals surface area contributed by atoms with E-state index in [1.807, 2.05) is 25.1 Å². The van der Waals surface area contributed by atoms with Gasteiger partial charge in [0.25, 0.3) is 0 Å². The zero-order chi connectivity index (χ0) is 12.3. The van der Waals surface area contributed by atoms with E-state index < -0.39 is 0 Å². The van der Waals surface area contributed by atoms with Crippen molar-refractivity contribution in [3.63, 3.8) is 0 Å². The van der Waals surface area contributed by atoms with Crippen LogP contribution in [0.1, 0.15) is 5.56 Å². The second-order valence-electron chi connectivity index (χ2n) is 3.38. The highest BCUT2D eigenvalue weighted by atomic mass is 16.5. The molecule has 0 fully saturated rings. The Kier molecular flexibility index (Phi) is 3.04. The van der Waals surface area contributed by atoms with Crippen molar-refractivity contribution >= 4 is 5.95 Å². The van der Waals surface area contributed by atoms with Crippen molar-refractivity contribution in [1.29, 1.82) is 0 Å². The average molecular weight is 232 g/mol. The lowest BCUT2D eigenvalue weighted by Gasteiger charge is -2.05. The van der Waals surface area contributed by atoms with Gasteiger partial charge in [-0.15, -0.1) is 4.98 Å². The summed E-state index contributed by atoms with van der Waals surface area (Å²) in [4.78, 5) is 11.6. The van der Waals surface area contributed by atoms with Crippen molar-refractivity contribution in [3.8, 4) is 17.8 Å². The summed E-state index contributed by atoms with van der Waals surface area (Å²) >= 11 is 0. The fourth-order valence-electron chi connectivity index (χ4n) is 1.27. The van der Waals surface area contributed by atoms with Crippen molar-refractivity contribution in [2.75, 3.05) is 12.8 Å². The van der Waals surface area contributed by atoms with Crippen molar-refractivity contribution in [2.24, 2.45) is 0 Å². The van der Waals surface area contributed by atoms with E-state index in [1.54, 1.807) is 6.07 Å². The van der Waals surface area contributed by atoms with E-state index in [-0.39, 0.29) is 18.0 Å². The molecule has 6 heteroatoms. The van der Waals surface area contributed by atoms with Crippen molar-refractivity contribution < 1.29 is 9.47 Å². The Hall–Kier alpha value is -2.37. The monoisotopic (exact) mass is 232 g/mol. The molecule has 88 valence electrons. The fourth-order valence-corrected chi connectivity index (χ4v) is 1.27. The normalized spacial score (nSPS) is 10.0. The summed E-state index contributed by atoms with van der Waals surface area (Å²) in [6.45, 7) is 1.97. The zero-order valence-corrected chi connectivity index (χ0v) is 9.54. The molecule has 0 aliphatic rings. The number of ether oxygens (including phenoxy) is 2. The minimum Gasteiger partial charge on any atom is -0.467 e. The van der Waals surface area contributed by atoms with Crippen molar-refractivity contribution in [2.45, 2.75) is 6.92 Å². The molecular formula is C11H12N4O2. The molecule has 2 N–H and O–H groups in total. The molecule has 17 heavy (non-hydrogen) atoms. The largest absolute Gasteiger partial charge is 0.467 e. The number of nitrogen functional groups attached to an aromatic ring is 1. The molecule has 0 amide bonds.